The number of halogens is 5. The molecule has 0 radical (unpaired) electrons. The first-order valence-electron chi connectivity index (χ1n) is 9.18. The van der Waals surface area contributed by atoms with Crippen molar-refractivity contribution >= 4 is 5.91 Å². The van der Waals surface area contributed by atoms with Crippen LogP contribution in [0.1, 0.15) is 23.5 Å². The molecule has 6 nitrogen and oxygen atoms in total. The normalized spacial score (nSPS) is 31.2. The van der Waals surface area contributed by atoms with Crippen LogP contribution < -0.4 is 5.32 Å². The van der Waals surface area contributed by atoms with E-state index in [2.05, 4.69) is 20.2 Å². The van der Waals surface area contributed by atoms with Crippen LogP contribution in [0.3, 0.4) is 0 Å². The minimum atomic E-state index is -4.57. The number of alkyl halides is 5. The second-order valence-corrected chi connectivity index (χ2v) is 7.51. The van der Waals surface area contributed by atoms with Crippen molar-refractivity contribution in [2.75, 3.05) is 26.2 Å². The summed E-state index contributed by atoms with van der Waals surface area (Å²) in [7, 11) is 0. The van der Waals surface area contributed by atoms with Crippen LogP contribution in [0.25, 0.3) is 0 Å². The standard InChI is InChI=1S/C17H20F5N5O/c18-11-7-27(8-12(11)19)15(28)14-3-10(5-23-14)26-2-1-13-9(6-26)4-24-16(25-13)17(20,21)22/h4,10-12,14,23H,1-3,5-8H2/t10-,11-,12+,14-/m0/s1. The van der Waals surface area contributed by atoms with E-state index in [4.69, 9.17) is 0 Å². The summed E-state index contributed by atoms with van der Waals surface area (Å²) < 4.78 is 64.9. The van der Waals surface area contributed by atoms with Gasteiger partial charge < -0.3 is 10.2 Å². The first-order chi connectivity index (χ1) is 13.2. The maximum absolute atomic E-state index is 13.3. The van der Waals surface area contributed by atoms with E-state index in [0.29, 0.717) is 43.7 Å². The molecule has 154 valence electrons. The van der Waals surface area contributed by atoms with Gasteiger partial charge in [0.2, 0.25) is 11.7 Å². The van der Waals surface area contributed by atoms with E-state index in [-0.39, 0.29) is 25.0 Å². The zero-order chi connectivity index (χ0) is 20.1. The SMILES string of the molecule is O=C([C@@H]1C[C@H](N2CCc3nc(C(F)(F)F)ncc3C2)CN1)N1C[C@@H](F)[C@@H](F)C1. The van der Waals surface area contributed by atoms with Gasteiger partial charge in [0.1, 0.15) is 0 Å². The lowest BCUT2D eigenvalue weighted by atomic mass is 10.0. The molecule has 0 aromatic carbocycles. The van der Waals surface area contributed by atoms with Crippen LogP contribution in [-0.4, -0.2) is 76.3 Å². The summed E-state index contributed by atoms with van der Waals surface area (Å²) in [4.78, 5) is 22.8. The molecule has 2 fully saturated rings. The molecule has 11 heteroatoms. The van der Waals surface area contributed by atoms with Crippen molar-refractivity contribution in [2.45, 2.75) is 50.0 Å². The molecule has 4 atom stereocenters. The Hall–Kier alpha value is -1.88. The number of hydrogen-bond donors (Lipinski definition) is 1. The molecule has 3 aliphatic rings. The number of fused-ring (bicyclic) bond motifs is 1. The van der Waals surface area contributed by atoms with Gasteiger partial charge in [-0.25, -0.2) is 18.7 Å². The summed E-state index contributed by atoms with van der Waals surface area (Å²) in [5, 5.41) is 3.11. The Bertz CT molecular complexity index is 750. The molecule has 28 heavy (non-hydrogen) atoms. The zero-order valence-electron chi connectivity index (χ0n) is 14.9. The summed E-state index contributed by atoms with van der Waals surface area (Å²) in [6.45, 7) is 1.01. The van der Waals surface area contributed by atoms with Crippen molar-refractivity contribution in [2.24, 2.45) is 0 Å². The molecule has 0 spiro atoms. The summed E-state index contributed by atoms with van der Waals surface area (Å²) in [6.07, 6.45) is -5.77. The highest BCUT2D eigenvalue weighted by atomic mass is 19.4. The number of carbonyl (C=O) groups excluding carboxylic acids is 1. The lowest BCUT2D eigenvalue weighted by Gasteiger charge is -2.32. The van der Waals surface area contributed by atoms with E-state index in [1.165, 1.54) is 11.1 Å². The van der Waals surface area contributed by atoms with Crippen molar-refractivity contribution in [1.29, 1.82) is 0 Å². The number of hydrogen-bond acceptors (Lipinski definition) is 5. The fourth-order valence-corrected chi connectivity index (χ4v) is 4.09. The van der Waals surface area contributed by atoms with Gasteiger partial charge in [0.15, 0.2) is 12.3 Å². The van der Waals surface area contributed by atoms with Crippen LogP contribution in [0.4, 0.5) is 22.0 Å². The number of carbonyl (C=O) groups is 1. The Labute approximate surface area is 158 Å². The molecule has 0 unspecified atom stereocenters. The summed E-state index contributed by atoms with van der Waals surface area (Å²) in [6, 6.07) is -0.498. The van der Waals surface area contributed by atoms with Crippen LogP contribution in [0.2, 0.25) is 0 Å². The van der Waals surface area contributed by atoms with E-state index < -0.39 is 30.4 Å². The Morgan fingerprint density at radius 2 is 1.93 bits per heavy atom. The molecule has 4 heterocycles. The van der Waals surface area contributed by atoms with Gasteiger partial charge >= 0.3 is 6.18 Å². The summed E-state index contributed by atoms with van der Waals surface area (Å²) >= 11 is 0. The first kappa shape index (κ1) is 19.4. The molecule has 1 amide bonds. The highest BCUT2D eigenvalue weighted by molar-refractivity contribution is 5.82. The monoisotopic (exact) mass is 405 g/mol. The third-order valence-electron chi connectivity index (χ3n) is 5.63. The van der Waals surface area contributed by atoms with Crippen LogP contribution in [-0.2, 0) is 23.9 Å². The lowest BCUT2D eigenvalue weighted by molar-refractivity contribution is -0.145. The number of likely N-dealkylation sites (tertiary alicyclic amines) is 1. The Morgan fingerprint density at radius 1 is 1.21 bits per heavy atom. The molecule has 3 aliphatic heterocycles. The maximum Gasteiger partial charge on any atom is 0.451 e. The molecule has 2 saturated heterocycles. The van der Waals surface area contributed by atoms with Gasteiger partial charge in [-0.05, 0) is 6.42 Å². The molecule has 0 bridgehead atoms. The lowest BCUT2D eigenvalue weighted by Crippen LogP contribution is -2.43. The second-order valence-electron chi connectivity index (χ2n) is 7.51. The molecule has 1 aromatic heterocycles. The summed E-state index contributed by atoms with van der Waals surface area (Å²) in [5.41, 5.74) is 1.05. The van der Waals surface area contributed by atoms with Crippen molar-refractivity contribution in [3.63, 3.8) is 0 Å². The molecule has 0 saturated carbocycles. The Balaban J connectivity index is 1.37. The van der Waals surface area contributed by atoms with Crippen LogP contribution in [0, 0.1) is 0 Å². The predicted molar refractivity (Wildman–Crippen MR) is 87.7 cm³/mol. The topological polar surface area (TPSA) is 61.4 Å². The number of amides is 1. The van der Waals surface area contributed by atoms with E-state index in [0.717, 1.165) is 0 Å². The van der Waals surface area contributed by atoms with E-state index in [1.807, 2.05) is 0 Å². The van der Waals surface area contributed by atoms with E-state index in [1.54, 1.807) is 0 Å². The van der Waals surface area contributed by atoms with Crippen molar-refractivity contribution in [1.82, 2.24) is 25.1 Å². The molecule has 0 aliphatic carbocycles. The van der Waals surface area contributed by atoms with Gasteiger partial charge in [-0.3, -0.25) is 9.69 Å². The minimum Gasteiger partial charge on any atom is -0.335 e. The highest BCUT2D eigenvalue weighted by Gasteiger charge is 2.41. The third kappa shape index (κ3) is 3.69. The van der Waals surface area contributed by atoms with Crippen molar-refractivity contribution < 1.29 is 26.7 Å². The largest absolute Gasteiger partial charge is 0.451 e. The maximum atomic E-state index is 13.3. The third-order valence-corrected chi connectivity index (χ3v) is 5.63. The number of nitrogens with one attached hydrogen (secondary N) is 1. The molecule has 1 aromatic rings. The Kier molecular flexibility index (Phi) is 4.98. The molecule has 1 N–H and O–H groups in total. The highest BCUT2D eigenvalue weighted by Crippen LogP contribution is 2.29. The van der Waals surface area contributed by atoms with Crippen molar-refractivity contribution in [3.8, 4) is 0 Å². The van der Waals surface area contributed by atoms with Gasteiger partial charge in [0.25, 0.3) is 0 Å². The number of aromatic nitrogens is 2. The van der Waals surface area contributed by atoms with Crippen molar-refractivity contribution in [3.05, 3.63) is 23.3 Å². The van der Waals surface area contributed by atoms with E-state index >= 15 is 0 Å². The first-order valence-corrected chi connectivity index (χ1v) is 9.18. The number of rotatable bonds is 2. The molecular formula is C17H20F5N5O. The van der Waals surface area contributed by atoms with Gasteiger partial charge in [-0.2, -0.15) is 13.2 Å². The minimum absolute atomic E-state index is 0.00865. The Morgan fingerprint density at radius 3 is 2.61 bits per heavy atom. The van der Waals surface area contributed by atoms with Gasteiger partial charge in [-0.1, -0.05) is 0 Å². The van der Waals surface area contributed by atoms with Gasteiger partial charge in [0.05, 0.1) is 24.8 Å². The van der Waals surface area contributed by atoms with Gasteiger partial charge in [0, 0.05) is 43.9 Å². The second kappa shape index (κ2) is 7.18. The summed E-state index contributed by atoms with van der Waals surface area (Å²) in [5.74, 6) is -1.43. The quantitative estimate of drug-likeness (QED) is 0.747. The molecular weight excluding hydrogens is 385 g/mol. The van der Waals surface area contributed by atoms with Crippen LogP contribution in [0.5, 0.6) is 0 Å². The zero-order valence-corrected chi connectivity index (χ0v) is 14.9. The van der Waals surface area contributed by atoms with Crippen LogP contribution >= 0.6 is 0 Å². The average molecular weight is 405 g/mol. The fraction of sp³-hybridized carbons (Fsp3) is 0.706. The smallest absolute Gasteiger partial charge is 0.335 e. The van der Waals surface area contributed by atoms with Gasteiger partial charge in [-0.15, -0.1) is 0 Å². The van der Waals surface area contributed by atoms with E-state index in [9.17, 15) is 26.7 Å². The average Bonchev–Trinajstić information content (AvgIpc) is 3.27. The molecule has 4 rings (SSSR count). The number of nitrogens with zero attached hydrogens (tertiary/aromatic N) is 4. The fourth-order valence-electron chi connectivity index (χ4n) is 4.09. The van der Waals surface area contributed by atoms with Crippen LogP contribution in [0.15, 0.2) is 6.20 Å². The predicted octanol–water partition coefficient (Wildman–Crippen LogP) is 1.10.